The lowest BCUT2D eigenvalue weighted by Gasteiger charge is -2.20. The van der Waals surface area contributed by atoms with Crippen LogP contribution in [0.15, 0.2) is 60.9 Å². The van der Waals surface area contributed by atoms with E-state index in [-0.39, 0.29) is 18.4 Å². The van der Waals surface area contributed by atoms with E-state index in [0.29, 0.717) is 5.75 Å². The van der Waals surface area contributed by atoms with E-state index in [2.05, 4.69) is 10.3 Å². The van der Waals surface area contributed by atoms with E-state index >= 15 is 0 Å². The van der Waals surface area contributed by atoms with Crippen molar-refractivity contribution in [3.8, 4) is 11.5 Å². The van der Waals surface area contributed by atoms with E-state index in [0.717, 1.165) is 22.7 Å². The molecule has 0 fully saturated rings. The van der Waals surface area contributed by atoms with Crippen LogP contribution in [-0.2, 0) is 18.3 Å². The number of carbonyl (C=O) groups is 1. The van der Waals surface area contributed by atoms with Crippen LogP contribution in [0.2, 0.25) is 0 Å². The van der Waals surface area contributed by atoms with E-state index in [1.165, 1.54) is 0 Å². The second-order valence-electron chi connectivity index (χ2n) is 6.16. The Kier molecular flexibility index (Phi) is 5.76. The monoisotopic (exact) mass is 365 g/mol. The van der Waals surface area contributed by atoms with Gasteiger partial charge in [0.2, 0.25) is 5.91 Å². The molecule has 1 aromatic heterocycles. The Morgan fingerprint density at radius 2 is 1.85 bits per heavy atom. The lowest BCUT2D eigenvalue weighted by atomic mass is 10.0. The largest absolute Gasteiger partial charge is 0.497 e. The Balaban J connectivity index is 1.85. The third-order valence-electron chi connectivity index (χ3n) is 4.41. The third kappa shape index (κ3) is 4.28. The lowest BCUT2D eigenvalue weighted by Crippen LogP contribution is -2.32. The highest BCUT2D eigenvalue weighted by molar-refractivity contribution is 5.80. The predicted octanol–water partition coefficient (Wildman–Crippen LogP) is 2.89. The molecule has 0 unspecified atom stereocenters. The molecule has 3 rings (SSSR count). The number of benzene rings is 2. The number of ether oxygens (including phenoxy) is 2. The smallest absolute Gasteiger partial charge is 0.225 e. The molecule has 1 N–H and O–H groups in total. The van der Waals surface area contributed by atoms with Crippen molar-refractivity contribution in [1.82, 2.24) is 14.9 Å². The number of hydrogen-bond acceptors (Lipinski definition) is 4. The van der Waals surface area contributed by atoms with Crippen molar-refractivity contribution in [1.29, 1.82) is 0 Å². The SMILES string of the molecule is COc1ccc([C@H](NC(=O)Cc2ccccc2OC)c2nccn2C)cc1. The number of para-hydroxylation sites is 1. The van der Waals surface area contributed by atoms with Gasteiger partial charge in [-0.05, 0) is 23.8 Å². The van der Waals surface area contributed by atoms with Crippen LogP contribution in [0, 0.1) is 0 Å². The fourth-order valence-corrected chi connectivity index (χ4v) is 2.98. The third-order valence-corrected chi connectivity index (χ3v) is 4.41. The molecular formula is C21H23N3O3. The summed E-state index contributed by atoms with van der Waals surface area (Å²) in [6.45, 7) is 0. The van der Waals surface area contributed by atoms with E-state index in [1.54, 1.807) is 20.4 Å². The Morgan fingerprint density at radius 3 is 2.48 bits per heavy atom. The summed E-state index contributed by atoms with van der Waals surface area (Å²) >= 11 is 0. The molecule has 0 aliphatic rings. The standard InChI is InChI=1S/C21H23N3O3/c1-24-13-12-22-21(24)20(15-8-10-17(26-2)11-9-15)23-19(25)14-16-6-4-5-7-18(16)27-3/h4-13,20H,14H2,1-3H3,(H,23,25)/t20-/m0/s1. The summed E-state index contributed by atoms with van der Waals surface area (Å²) in [5, 5.41) is 3.10. The summed E-state index contributed by atoms with van der Waals surface area (Å²) in [5.41, 5.74) is 1.77. The number of nitrogens with one attached hydrogen (secondary N) is 1. The van der Waals surface area contributed by atoms with Gasteiger partial charge in [0.25, 0.3) is 0 Å². The second-order valence-corrected chi connectivity index (χ2v) is 6.16. The molecule has 0 spiro atoms. The first kappa shape index (κ1) is 18.5. The fourth-order valence-electron chi connectivity index (χ4n) is 2.98. The number of hydrogen-bond donors (Lipinski definition) is 1. The molecule has 0 aliphatic carbocycles. The van der Waals surface area contributed by atoms with Gasteiger partial charge in [0.05, 0.1) is 20.6 Å². The molecule has 0 radical (unpaired) electrons. The van der Waals surface area contributed by atoms with Gasteiger partial charge in [-0.15, -0.1) is 0 Å². The van der Waals surface area contributed by atoms with Crippen molar-refractivity contribution in [2.75, 3.05) is 14.2 Å². The number of aryl methyl sites for hydroxylation is 1. The molecule has 0 saturated heterocycles. The summed E-state index contributed by atoms with van der Waals surface area (Å²) in [7, 11) is 5.14. The highest BCUT2D eigenvalue weighted by atomic mass is 16.5. The van der Waals surface area contributed by atoms with Gasteiger partial charge in [-0.1, -0.05) is 30.3 Å². The maximum atomic E-state index is 12.8. The second kappa shape index (κ2) is 8.40. The molecule has 6 heteroatoms. The minimum Gasteiger partial charge on any atom is -0.497 e. The Labute approximate surface area is 158 Å². The molecule has 1 atom stereocenters. The van der Waals surface area contributed by atoms with Gasteiger partial charge in [0.1, 0.15) is 23.4 Å². The van der Waals surface area contributed by atoms with E-state index in [4.69, 9.17) is 9.47 Å². The maximum absolute atomic E-state index is 12.8. The molecule has 0 bridgehead atoms. The van der Waals surface area contributed by atoms with Crippen molar-refractivity contribution in [2.24, 2.45) is 7.05 Å². The highest BCUT2D eigenvalue weighted by Gasteiger charge is 2.21. The minimum atomic E-state index is -0.363. The van der Waals surface area contributed by atoms with Crippen LogP contribution in [0.3, 0.4) is 0 Å². The number of carbonyl (C=O) groups excluding carboxylic acids is 1. The van der Waals surface area contributed by atoms with Crippen LogP contribution < -0.4 is 14.8 Å². The first-order valence-electron chi connectivity index (χ1n) is 8.64. The van der Waals surface area contributed by atoms with E-state index in [1.807, 2.05) is 66.3 Å². The zero-order valence-corrected chi connectivity index (χ0v) is 15.7. The Hall–Kier alpha value is -3.28. The number of rotatable bonds is 7. The van der Waals surface area contributed by atoms with Crippen molar-refractivity contribution in [3.05, 3.63) is 77.9 Å². The van der Waals surface area contributed by atoms with Crippen LogP contribution in [0.4, 0.5) is 0 Å². The van der Waals surface area contributed by atoms with Crippen molar-refractivity contribution in [2.45, 2.75) is 12.5 Å². The maximum Gasteiger partial charge on any atom is 0.225 e. The van der Waals surface area contributed by atoms with Crippen molar-refractivity contribution < 1.29 is 14.3 Å². The van der Waals surface area contributed by atoms with Crippen LogP contribution >= 0.6 is 0 Å². The number of aromatic nitrogens is 2. The average Bonchev–Trinajstić information content (AvgIpc) is 3.12. The zero-order chi connectivity index (χ0) is 19.2. The average molecular weight is 365 g/mol. The molecule has 0 aliphatic heterocycles. The van der Waals surface area contributed by atoms with E-state index < -0.39 is 0 Å². The normalized spacial score (nSPS) is 11.7. The van der Waals surface area contributed by atoms with E-state index in [9.17, 15) is 4.79 Å². The van der Waals surface area contributed by atoms with Gasteiger partial charge in [-0.3, -0.25) is 4.79 Å². The first-order valence-corrected chi connectivity index (χ1v) is 8.64. The van der Waals surface area contributed by atoms with Crippen LogP contribution in [0.5, 0.6) is 11.5 Å². The predicted molar refractivity (Wildman–Crippen MR) is 103 cm³/mol. The summed E-state index contributed by atoms with van der Waals surface area (Å²) in [6.07, 6.45) is 3.80. The quantitative estimate of drug-likeness (QED) is 0.699. The van der Waals surface area contributed by atoms with Gasteiger partial charge in [-0.2, -0.15) is 0 Å². The number of methoxy groups -OCH3 is 2. The highest BCUT2D eigenvalue weighted by Crippen LogP contribution is 2.24. The molecule has 6 nitrogen and oxygen atoms in total. The molecule has 3 aromatic rings. The summed E-state index contributed by atoms with van der Waals surface area (Å²) in [5.74, 6) is 2.11. The van der Waals surface area contributed by atoms with Crippen LogP contribution in [-0.4, -0.2) is 29.7 Å². The minimum absolute atomic E-state index is 0.108. The zero-order valence-electron chi connectivity index (χ0n) is 15.7. The van der Waals surface area contributed by atoms with Gasteiger partial charge < -0.3 is 19.4 Å². The Bertz CT molecular complexity index is 903. The van der Waals surface area contributed by atoms with Gasteiger partial charge in [0, 0.05) is 25.0 Å². The summed E-state index contributed by atoms with van der Waals surface area (Å²) in [6, 6.07) is 14.8. The lowest BCUT2D eigenvalue weighted by molar-refractivity contribution is -0.121. The molecular weight excluding hydrogens is 342 g/mol. The molecule has 1 heterocycles. The number of imidazole rings is 1. The molecule has 27 heavy (non-hydrogen) atoms. The van der Waals surface area contributed by atoms with Gasteiger partial charge in [0.15, 0.2) is 0 Å². The molecule has 1 amide bonds. The Morgan fingerprint density at radius 1 is 1.11 bits per heavy atom. The number of amides is 1. The van der Waals surface area contributed by atoms with Gasteiger partial charge in [-0.25, -0.2) is 4.98 Å². The molecule has 2 aromatic carbocycles. The number of nitrogens with zero attached hydrogens (tertiary/aromatic N) is 2. The summed E-state index contributed by atoms with van der Waals surface area (Å²) in [4.78, 5) is 17.2. The van der Waals surface area contributed by atoms with Crippen molar-refractivity contribution in [3.63, 3.8) is 0 Å². The van der Waals surface area contributed by atoms with Gasteiger partial charge >= 0.3 is 0 Å². The topological polar surface area (TPSA) is 65.4 Å². The summed E-state index contributed by atoms with van der Waals surface area (Å²) < 4.78 is 12.5. The molecule has 140 valence electrons. The molecule has 0 saturated carbocycles. The van der Waals surface area contributed by atoms with Crippen LogP contribution in [0.1, 0.15) is 23.0 Å². The fraction of sp³-hybridized carbons (Fsp3) is 0.238. The van der Waals surface area contributed by atoms with Crippen LogP contribution in [0.25, 0.3) is 0 Å². The van der Waals surface area contributed by atoms with Crippen molar-refractivity contribution >= 4 is 5.91 Å². The first-order chi connectivity index (χ1) is 13.1.